The number of hydrogen-bond donors (Lipinski definition) is 2. The van der Waals surface area contributed by atoms with Crippen molar-refractivity contribution in [1.82, 2.24) is 10.2 Å². The third-order valence-electron chi connectivity index (χ3n) is 8.00. The van der Waals surface area contributed by atoms with E-state index in [1.165, 1.54) is 17.5 Å². The summed E-state index contributed by atoms with van der Waals surface area (Å²) < 4.78 is 6.41. The van der Waals surface area contributed by atoms with Gasteiger partial charge in [-0.2, -0.15) is 0 Å². The van der Waals surface area contributed by atoms with Crippen LogP contribution in [0.25, 0.3) is 10.8 Å². The molecular weight excluding hydrogens is 424 g/mol. The number of ether oxygens (including phenoxy) is 1. The summed E-state index contributed by atoms with van der Waals surface area (Å²) in [6.07, 6.45) is 4.55. The Kier molecular flexibility index (Phi) is 5.64. The molecular formula is C29H32N2O3. The molecule has 5 heteroatoms. The number of nitrogens with zero attached hydrogens (tertiary/aromatic N) is 1. The molecule has 0 aromatic heterocycles. The van der Waals surface area contributed by atoms with Crippen LogP contribution in [0.5, 0.6) is 0 Å². The van der Waals surface area contributed by atoms with Crippen LogP contribution in [-0.4, -0.2) is 53.4 Å². The molecule has 0 amide bonds. The SMILES string of the molecule is O=C(O)c1ccc2cc(CN3CCC4(CC3)CC(N[C@@H]3C[C@H]3c3ccccc3)CO4)ccc2c1. The molecule has 6 rings (SSSR count). The molecule has 2 heterocycles. The molecule has 0 radical (unpaired) electrons. The predicted molar refractivity (Wildman–Crippen MR) is 133 cm³/mol. The Bertz CT molecular complexity index is 1190. The molecule has 1 spiro atoms. The molecule has 2 aliphatic heterocycles. The number of hydrogen-bond acceptors (Lipinski definition) is 4. The monoisotopic (exact) mass is 456 g/mol. The first-order valence-electron chi connectivity index (χ1n) is 12.5. The Hall–Kier alpha value is -2.73. The Morgan fingerprint density at radius 1 is 1.03 bits per heavy atom. The minimum absolute atomic E-state index is 0.0436. The molecule has 0 bridgehead atoms. The lowest BCUT2D eigenvalue weighted by atomic mass is 9.87. The van der Waals surface area contributed by atoms with E-state index in [9.17, 15) is 9.90 Å². The topological polar surface area (TPSA) is 61.8 Å². The Morgan fingerprint density at radius 2 is 1.79 bits per heavy atom. The van der Waals surface area contributed by atoms with Crippen molar-refractivity contribution in [2.75, 3.05) is 19.7 Å². The number of nitrogens with one attached hydrogen (secondary N) is 1. The second-order valence-electron chi connectivity index (χ2n) is 10.4. The minimum Gasteiger partial charge on any atom is -0.478 e. The maximum atomic E-state index is 11.2. The van der Waals surface area contributed by atoms with Crippen LogP contribution in [0.3, 0.4) is 0 Å². The first kappa shape index (κ1) is 21.8. The van der Waals surface area contributed by atoms with E-state index in [0.29, 0.717) is 23.6 Å². The molecule has 3 aromatic rings. The highest BCUT2D eigenvalue weighted by Crippen LogP contribution is 2.43. The van der Waals surface area contributed by atoms with Crippen LogP contribution in [0.2, 0.25) is 0 Å². The first-order chi connectivity index (χ1) is 16.6. The zero-order valence-electron chi connectivity index (χ0n) is 19.5. The maximum Gasteiger partial charge on any atom is 0.335 e. The average molecular weight is 457 g/mol. The van der Waals surface area contributed by atoms with Crippen molar-refractivity contribution in [3.63, 3.8) is 0 Å². The summed E-state index contributed by atoms with van der Waals surface area (Å²) >= 11 is 0. The van der Waals surface area contributed by atoms with Crippen molar-refractivity contribution in [2.45, 2.75) is 55.8 Å². The van der Waals surface area contributed by atoms with Gasteiger partial charge >= 0.3 is 5.97 Å². The fourth-order valence-electron chi connectivity index (χ4n) is 5.95. The number of likely N-dealkylation sites (tertiary alicyclic amines) is 1. The van der Waals surface area contributed by atoms with E-state index >= 15 is 0 Å². The number of aromatic carboxylic acids is 1. The highest BCUT2D eigenvalue weighted by Gasteiger charge is 2.46. The van der Waals surface area contributed by atoms with Gasteiger partial charge in [-0.05, 0) is 65.8 Å². The highest BCUT2D eigenvalue weighted by atomic mass is 16.5. The second kappa shape index (κ2) is 8.81. The van der Waals surface area contributed by atoms with Crippen molar-refractivity contribution in [2.24, 2.45) is 0 Å². The summed E-state index contributed by atoms with van der Waals surface area (Å²) in [4.78, 5) is 13.7. The zero-order chi connectivity index (χ0) is 23.1. The molecule has 3 atom stereocenters. The number of carboxylic acids is 1. The molecule has 5 nitrogen and oxygen atoms in total. The van der Waals surface area contributed by atoms with Crippen LogP contribution in [0.15, 0.2) is 66.7 Å². The lowest BCUT2D eigenvalue weighted by molar-refractivity contribution is -0.0449. The normalized spacial score (nSPS) is 26.2. The molecule has 34 heavy (non-hydrogen) atoms. The summed E-state index contributed by atoms with van der Waals surface area (Å²) in [5.41, 5.74) is 3.11. The Balaban J connectivity index is 1.01. The van der Waals surface area contributed by atoms with E-state index in [1.54, 1.807) is 12.1 Å². The van der Waals surface area contributed by atoms with Crippen molar-refractivity contribution in [1.29, 1.82) is 0 Å². The average Bonchev–Trinajstić information content (AvgIpc) is 3.52. The van der Waals surface area contributed by atoms with Gasteiger partial charge in [0.15, 0.2) is 0 Å². The summed E-state index contributed by atoms with van der Waals surface area (Å²) in [6, 6.07) is 23.6. The van der Waals surface area contributed by atoms with Gasteiger partial charge in [-0.25, -0.2) is 4.79 Å². The molecule has 2 N–H and O–H groups in total. The third kappa shape index (κ3) is 4.48. The van der Waals surface area contributed by atoms with E-state index in [0.717, 1.165) is 56.3 Å². The number of carboxylic acid groups (broad SMARTS) is 1. The predicted octanol–water partition coefficient (Wildman–Crippen LogP) is 4.81. The fourth-order valence-corrected chi connectivity index (χ4v) is 5.95. The van der Waals surface area contributed by atoms with Crippen molar-refractivity contribution < 1.29 is 14.6 Å². The maximum absolute atomic E-state index is 11.2. The number of fused-ring (bicyclic) bond motifs is 1. The smallest absolute Gasteiger partial charge is 0.335 e. The molecule has 1 saturated carbocycles. The number of carbonyl (C=O) groups is 1. The molecule has 3 aromatic carbocycles. The van der Waals surface area contributed by atoms with Crippen LogP contribution in [-0.2, 0) is 11.3 Å². The van der Waals surface area contributed by atoms with Gasteiger partial charge in [-0.3, -0.25) is 4.90 Å². The van der Waals surface area contributed by atoms with E-state index in [-0.39, 0.29) is 5.60 Å². The van der Waals surface area contributed by atoms with Crippen LogP contribution >= 0.6 is 0 Å². The van der Waals surface area contributed by atoms with E-state index in [4.69, 9.17) is 4.74 Å². The molecule has 1 aliphatic carbocycles. The highest BCUT2D eigenvalue weighted by molar-refractivity contribution is 5.94. The van der Waals surface area contributed by atoms with Gasteiger partial charge in [0, 0.05) is 37.6 Å². The molecule has 1 unspecified atom stereocenters. The lowest BCUT2D eigenvalue weighted by Crippen LogP contribution is -2.44. The third-order valence-corrected chi connectivity index (χ3v) is 8.00. The Labute approximate surface area is 200 Å². The largest absolute Gasteiger partial charge is 0.478 e. The van der Waals surface area contributed by atoms with Gasteiger partial charge < -0.3 is 15.2 Å². The van der Waals surface area contributed by atoms with Gasteiger partial charge in [0.1, 0.15) is 0 Å². The van der Waals surface area contributed by atoms with E-state index < -0.39 is 5.97 Å². The first-order valence-corrected chi connectivity index (χ1v) is 12.5. The summed E-state index contributed by atoms with van der Waals surface area (Å²) in [6.45, 7) is 3.87. The van der Waals surface area contributed by atoms with E-state index in [2.05, 4.69) is 52.7 Å². The Morgan fingerprint density at radius 3 is 2.59 bits per heavy atom. The van der Waals surface area contributed by atoms with Crippen LogP contribution in [0.4, 0.5) is 0 Å². The molecule has 2 saturated heterocycles. The van der Waals surface area contributed by atoms with Crippen molar-refractivity contribution in [3.05, 3.63) is 83.4 Å². The van der Waals surface area contributed by atoms with Crippen LogP contribution in [0.1, 0.15) is 53.1 Å². The van der Waals surface area contributed by atoms with Gasteiger partial charge in [0.25, 0.3) is 0 Å². The van der Waals surface area contributed by atoms with Crippen LogP contribution < -0.4 is 5.32 Å². The van der Waals surface area contributed by atoms with Crippen molar-refractivity contribution in [3.8, 4) is 0 Å². The number of piperidine rings is 1. The quantitative estimate of drug-likeness (QED) is 0.558. The van der Waals surface area contributed by atoms with Crippen molar-refractivity contribution >= 4 is 16.7 Å². The van der Waals surface area contributed by atoms with Gasteiger partial charge in [-0.1, -0.05) is 48.5 Å². The minimum atomic E-state index is -0.882. The van der Waals surface area contributed by atoms with E-state index in [1.807, 2.05) is 12.1 Å². The lowest BCUT2D eigenvalue weighted by Gasteiger charge is -2.38. The number of rotatable bonds is 6. The molecule has 176 valence electrons. The zero-order valence-corrected chi connectivity index (χ0v) is 19.5. The summed E-state index contributed by atoms with van der Waals surface area (Å²) in [7, 11) is 0. The second-order valence-corrected chi connectivity index (χ2v) is 10.4. The van der Waals surface area contributed by atoms with Gasteiger partial charge in [0.2, 0.25) is 0 Å². The molecule has 3 fully saturated rings. The number of benzene rings is 3. The van der Waals surface area contributed by atoms with Gasteiger partial charge in [-0.15, -0.1) is 0 Å². The summed E-state index contributed by atoms with van der Waals surface area (Å²) in [5.74, 6) is -0.217. The standard InChI is InChI=1S/C29H32N2O3/c32-28(33)24-9-8-22-14-20(6-7-23(22)15-24)18-31-12-10-29(11-13-31)17-25(19-34-29)30-27-16-26(27)21-4-2-1-3-5-21/h1-9,14-15,25-27,30H,10-13,16-19H2,(H,32,33)/t25?,26-,27+/m0/s1. The van der Waals surface area contributed by atoms with Crippen LogP contribution in [0, 0.1) is 0 Å². The van der Waals surface area contributed by atoms with Gasteiger partial charge in [0.05, 0.1) is 17.8 Å². The summed E-state index contributed by atoms with van der Waals surface area (Å²) in [5, 5.41) is 15.2. The fraction of sp³-hybridized carbons (Fsp3) is 0.414. The molecule has 3 aliphatic rings.